The van der Waals surface area contributed by atoms with Gasteiger partial charge in [0.1, 0.15) is 11.6 Å². The molecule has 0 bridgehead atoms. The molecular formula is C14H11N3O. The van der Waals surface area contributed by atoms with Gasteiger partial charge in [0, 0.05) is 12.8 Å². The number of H-pyrrole nitrogens is 1. The third-order valence-corrected chi connectivity index (χ3v) is 2.85. The molecule has 2 heterocycles. The number of furan rings is 1. The van der Waals surface area contributed by atoms with E-state index in [9.17, 15) is 0 Å². The summed E-state index contributed by atoms with van der Waals surface area (Å²) < 4.78 is 5.28. The second-order valence-corrected chi connectivity index (χ2v) is 4.11. The topological polar surface area (TPSA) is 65.6 Å². The van der Waals surface area contributed by atoms with Crippen LogP contribution in [0.3, 0.4) is 0 Å². The van der Waals surface area contributed by atoms with Gasteiger partial charge in [0.15, 0.2) is 0 Å². The summed E-state index contributed by atoms with van der Waals surface area (Å²) in [6.07, 6.45) is 3.29. The van der Waals surface area contributed by atoms with Gasteiger partial charge in [-0.15, -0.1) is 0 Å². The maximum absolute atomic E-state index is 8.84. The molecule has 18 heavy (non-hydrogen) atoms. The molecule has 3 aromatic rings. The number of nitrogens with one attached hydrogen (secondary N) is 1. The van der Waals surface area contributed by atoms with Crippen LogP contribution in [0.25, 0.3) is 11.0 Å². The standard InChI is InChI=1S/C14H11N3O/c15-9-10-3-5-12-13(8-10)17-14(16-12)6-4-11-2-1-7-18-11/h1-3,5,7-8H,4,6H2,(H,16,17). The summed E-state index contributed by atoms with van der Waals surface area (Å²) in [6.45, 7) is 0. The van der Waals surface area contributed by atoms with Crippen molar-refractivity contribution >= 4 is 11.0 Å². The van der Waals surface area contributed by atoms with Gasteiger partial charge in [-0.3, -0.25) is 0 Å². The molecule has 3 rings (SSSR count). The van der Waals surface area contributed by atoms with E-state index in [4.69, 9.17) is 9.68 Å². The van der Waals surface area contributed by atoms with Gasteiger partial charge >= 0.3 is 0 Å². The highest BCUT2D eigenvalue weighted by molar-refractivity contribution is 5.76. The van der Waals surface area contributed by atoms with Gasteiger partial charge < -0.3 is 9.40 Å². The van der Waals surface area contributed by atoms with Crippen LogP contribution in [0.1, 0.15) is 17.1 Å². The second kappa shape index (κ2) is 4.38. The van der Waals surface area contributed by atoms with Crippen molar-refractivity contribution < 1.29 is 4.42 Å². The highest BCUT2D eigenvalue weighted by Crippen LogP contribution is 2.14. The lowest BCUT2D eigenvalue weighted by atomic mass is 10.2. The number of benzene rings is 1. The summed E-state index contributed by atoms with van der Waals surface area (Å²) in [5, 5.41) is 8.84. The van der Waals surface area contributed by atoms with E-state index in [0.29, 0.717) is 5.56 Å². The smallest absolute Gasteiger partial charge is 0.107 e. The number of aromatic amines is 1. The quantitative estimate of drug-likeness (QED) is 0.761. The monoisotopic (exact) mass is 237 g/mol. The zero-order valence-electron chi connectivity index (χ0n) is 9.68. The van der Waals surface area contributed by atoms with E-state index >= 15 is 0 Å². The van der Waals surface area contributed by atoms with Crippen molar-refractivity contribution in [2.75, 3.05) is 0 Å². The SMILES string of the molecule is N#Cc1ccc2nc(CCc3ccco3)[nH]c2c1. The maximum atomic E-state index is 8.84. The summed E-state index contributed by atoms with van der Waals surface area (Å²) >= 11 is 0. The molecular weight excluding hydrogens is 226 g/mol. The Kier molecular flexibility index (Phi) is 2.58. The molecule has 0 unspecified atom stereocenters. The molecule has 0 radical (unpaired) electrons. The third-order valence-electron chi connectivity index (χ3n) is 2.85. The zero-order chi connectivity index (χ0) is 12.4. The minimum atomic E-state index is 0.642. The minimum Gasteiger partial charge on any atom is -0.469 e. The van der Waals surface area contributed by atoms with Crippen LogP contribution in [0.2, 0.25) is 0 Å². The normalized spacial score (nSPS) is 10.6. The van der Waals surface area contributed by atoms with Crippen LogP contribution in [0.5, 0.6) is 0 Å². The fraction of sp³-hybridized carbons (Fsp3) is 0.143. The molecule has 0 atom stereocenters. The molecule has 0 fully saturated rings. The molecule has 1 N–H and O–H groups in total. The molecule has 0 aliphatic rings. The number of nitriles is 1. The highest BCUT2D eigenvalue weighted by Gasteiger charge is 2.05. The summed E-state index contributed by atoms with van der Waals surface area (Å²) in [6, 6.07) is 11.4. The molecule has 0 aliphatic carbocycles. The summed E-state index contributed by atoms with van der Waals surface area (Å²) in [7, 11) is 0. The number of nitrogens with zero attached hydrogens (tertiary/aromatic N) is 2. The first-order valence-corrected chi connectivity index (χ1v) is 5.76. The lowest BCUT2D eigenvalue weighted by Gasteiger charge is -1.93. The Hall–Kier alpha value is -2.54. The van der Waals surface area contributed by atoms with Gasteiger partial charge in [-0.2, -0.15) is 5.26 Å². The van der Waals surface area contributed by atoms with Crippen molar-refractivity contribution in [3.63, 3.8) is 0 Å². The minimum absolute atomic E-state index is 0.642. The Morgan fingerprint density at radius 1 is 1.28 bits per heavy atom. The van der Waals surface area contributed by atoms with Gasteiger partial charge in [0.2, 0.25) is 0 Å². The van der Waals surface area contributed by atoms with Crippen LogP contribution in [0, 0.1) is 11.3 Å². The van der Waals surface area contributed by atoms with E-state index in [1.807, 2.05) is 24.3 Å². The van der Waals surface area contributed by atoms with E-state index < -0.39 is 0 Å². The predicted octanol–water partition coefficient (Wildman–Crippen LogP) is 2.81. The average Bonchev–Trinajstić information content (AvgIpc) is 3.04. The van der Waals surface area contributed by atoms with Crippen LogP contribution in [0.4, 0.5) is 0 Å². The van der Waals surface area contributed by atoms with Gasteiger partial charge in [-0.25, -0.2) is 4.98 Å². The van der Waals surface area contributed by atoms with Crippen molar-refractivity contribution in [1.82, 2.24) is 9.97 Å². The van der Waals surface area contributed by atoms with E-state index in [2.05, 4.69) is 16.0 Å². The predicted molar refractivity (Wildman–Crippen MR) is 66.9 cm³/mol. The molecule has 4 heteroatoms. The highest BCUT2D eigenvalue weighted by atomic mass is 16.3. The van der Waals surface area contributed by atoms with Crippen molar-refractivity contribution in [3.05, 3.63) is 53.7 Å². The van der Waals surface area contributed by atoms with Crippen LogP contribution >= 0.6 is 0 Å². The number of hydrogen-bond acceptors (Lipinski definition) is 3. The van der Waals surface area contributed by atoms with Crippen LogP contribution in [-0.4, -0.2) is 9.97 Å². The number of aryl methyl sites for hydroxylation is 2. The first kappa shape index (κ1) is 10.6. The molecule has 88 valence electrons. The molecule has 0 aliphatic heterocycles. The zero-order valence-corrected chi connectivity index (χ0v) is 9.68. The van der Waals surface area contributed by atoms with E-state index in [-0.39, 0.29) is 0 Å². The first-order chi connectivity index (χ1) is 8.85. The second-order valence-electron chi connectivity index (χ2n) is 4.11. The number of aromatic nitrogens is 2. The fourth-order valence-corrected chi connectivity index (χ4v) is 1.95. The Morgan fingerprint density at radius 3 is 3.00 bits per heavy atom. The van der Waals surface area contributed by atoms with Gasteiger partial charge in [0.25, 0.3) is 0 Å². The van der Waals surface area contributed by atoms with Crippen molar-refractivity contribution in [2.24, 2.45) is 0 Å². The van der Waals surface area contributed by atoms with E-state index in [1.54, 1.807) is 12.3 Å². The van der Waals surface area contributed by atoms with E-state index in [0.717, 1.165) is 35.5 Å². The van der Waals surface area contributed by atoms with Crippen LogP contribution < -0.4 is 0 Å². The van der Waals surface area contributed by atoms with Gasteiger partial charge in [-0.1, -0.05) is 0 Å². The van der Waals surface area contributed by atoms with Crippen LogP contribution in [-0.2, 0) is 12.8 Å². The molecule has 4 nitrogen and oxygen atoms in total. The Labute approximate surface area is 104 Å². The molecule has 0 saturated heterocycles. The fourth-order valence-electron chi connectivity index (χ4n) is 1.95. The summed E-state index contributed by atoms with van der Waals surface area (Å²) in [4.78, 5) is 7.71. The van der Waals surface area contributed by atoms with Crippen molar-refractivity contribution in [3.8, 4) is 6.07 Å². The molecule has 2 aromatic heterocycles. The molecule has 0 amide bonds. The number of fused-ring (bicyclic) bond motifs is 1. The molecule has 0 saturated carbocycles. The lowest BCUT2D eigenvalue weighted by Crippen LogP contribution is -1.91. The lowest BCUT2D eigenvalue weighted by molar-refractivity contribution is 0.507. The number of hydrogen-bond donors (Lipinski definition) is 1. The summed E-state index contributed by atoms with van der Waals surface area (Å²) in [5.41, 5.74) is 2.44. The first-order valence-electron chi connectivity index (χ1n) is 5.76. The third kappa shape index (κ3) is 1.98. The van der Waals surface area contributed by atoms with Crippen LogP contribution in [0.15, 0.2) is 41.0 Å². The average molecular weight is 237 g/mol. The Balaban J connectivity index is 1.83. The maximum Gasteiger partial charge on any atom is 0.107 e. The Morgan fingerprint density at radius 2 is 2.22 bits per heavy atom. The van der Waals surface area contributed by atoms with Gasteiger partial charge in [-0.05, 0) is 30.3 Å². The van der Waals surface area contributed by atoms with Gasteiger partial charge in [0.05, 0.1) is 28.9 Å². The Bertz CT molecular complexity index is 704. The largest absolute Gasteiger partial charge is 0.469 e. The number of rotatable bonds is 3. The summed E-state index contributed by atoms with van der Waals surface area (Å²) in [5.74, 6) is 1.87. The molecule has 0 spiro atoms. The van der Waals surface area contributed by atoms with E-state index in [1.165, 1.54) is 0 Å². The molecule has 1 aromatic carbocycles. The number of imidazole rings is 1. The van der Waals surface area contributed by atoms with Crippen molar-refractivity contribution in [1.29, 1.82) is 5.26 Å². The van der Waals surface area contributed by atoms with Crippen molar-refractivity contribution in [2.45, 2.75) is 12.8 Å².